The second-order valence-corrected chi connectivity index (χ2v) is 3.94. The SMILES string of the molecule is CCOC(=O)CCC(=O)c1ccc2ccccn12. The highest BCUT2D eigenvalue weighted by atomic mass is 16.5. The molecule has 0 unspecified atom stereocenters. The van der Waals surface area contributed by atoms with E-state index in [0.717, 1.165) is 5.52 Å². The molecule has 0 radical (unpaired) electrons. The molecule has 0 aliphatic heterocycles. The number of rotatable bonds is 5. The van der Waals surface area contributed by atoms with E-state index in [4.69, 9.17) is 4.74 Å². The van der Waals surface area contributed by atoms with Crippen LogP contribution in [0.4, 0.5) is 0 Å². The Balaban J connectivity index is 2.07. The molecule has 2 aromatic heterocycles. The Hall–Kier alpha value is -2.10. The fourth-order valence-corrected chi connectivity index (χ4v) is 1.86. The second-order valence-electron chi connectivity index (χ2n) is 3.94. The lowest BCUT2D eigenvalue weighted by Crippen LogP contribution is -2.09. The quantitative estimate of drug-likeness (QED) is 0.600. The molecule has 94 valence electrons. The average Bonchev–Trinajstić information content (AvgIpc) is 2.80. The lowest BCUT2D eigenvalue weighted by Gasteiger charge is -2.02. The Kier molecular flexibility index (Phi) is 3.77. The van der Waals surface area contributed by atoms with Crippen LogP contribution in [0.1, 0.15) is 30.3 Å². The van der Waals surface area contributed by atoms with Gasteiger partial charge in [0.05, 0.1) is 18.7 Å². The van der Waals surface area contributed by atoms with E-state index < -0.39 is 0 Å². The molecule has 0 bridgehead atoms. The number of aromatic nitrogens is 1. The third kappa shape index (κ3) is 2.59. The molecule has 2 heterocycles. The van der Waals surface area contributed by atoms with Crippen LogP contribution in [-0.4, -0.2) is 22.8 Å². The van der Waals surface area contributed by atoms with E-state index in [1.807, 2.05) is 34.9 Å². The molecule has 4 heteroatoms. The fraction of sp³-hybridized carbons (Fsp3) is 0.286. The lowest BCUT2D eigenvalue weighted by atomic mass is 10.2. The van der Waals surface area contributed by atoms with Gasteiger partial charge in [0, 0.05) is 18.1 Å². The van der Waals surface area contributed by atoms with Crippen LogP contribution in [0.5, 0.6) is 0 Å². The first-order chi connectivity index (χ1) is 8.72. The Morgan fingerprint density at radius 1 is 1.17 bits per heavy atom. The Bertz CT molecular complexity index is 571. The fourth-order valence-electron chi connectivity index (χ4n) is 1.86. The largest absolute Gasteiger partial charge is 0.466 e. The summed E-state index contributed by atoms with van der Waals surface area (Å²) in [6.07, 6.45) is 2.15. The van der Waals surface area contributed by atoms with Crippen molar-refractivity contribution in [2.45, 2.75) is 19.8 Å². The van der Waals surface area contributed by atoms with Gasteiger partial charge in [0.15, 0.2) is 5.78 Å². The molecule has 0 atom stereocenters. The zero-order chi connectivity index (χ0) is 13.0. The summed E-state index contributed by atoms with van der Waals surface area (Å²) in [6.45, 7) is 2.10. The van der Waals surface area contributed by atoms with Crippen LogP contribution in [0.15, 0.2) is 36.5 Å². The topological polar surface area (TPSA) is 47.8 Å². The van der Waals surface area contributed by atoms with Gasteiger partial charge in [-0.05, 0) is 31.2 Å². The van der Waals surface area contributed by atoms with Crippen molar-refractivity contribution in [2.75, 3.05) is 6.61 Å². The number of hydrogen-bond donors (Lipinski definition) is 0. The Labute approximate surface area is 105 Å². The smallest absolute Gasteiger partial charge is 0.306 e. The predicted molar refractivity (Wildman–Crippen MR) is 67.6 cm³/mol. The Morgan fingerprint density at radius 2 is 2.00 bits per heavy atom. The summed E-state index contributed by atoms with van der Waals surface area (Å²) in [5.74, 6) is -0.374. The number of esters is 1. The summed E-state index contributed by atoms with van der Waals surface area (Å²) in [5, 5.41) is 0. The van der Waals surface area contributed by atoms with Gasteiger partial charge in [-0.3, -0.25) is 9.59 Å². The number of carbonyl (C=O) groups is 2. The number of pyridine rings is 1. The minimum absolute atomic E-state index is 0.0470. The highest BCUT2D eigenvalue weighted by molar-refractivity contribution is 5.97. The minimum atomic E-state index is -0.327. The van der Waals surface area contributed by atoms with E-state index in [-0.39, 0.29) is 24.6 Å². The lowest BCUT2D eigenvalue weighted by molar-refractivity contribution is -0.143. The van der Waals surface area contributed by atoms with Crippen molar-refractivity contribution in [1.29, 1.82) is 0 Å². The van der Waals surface area contributed by atoms with E-state index in [1.165, 1.54) is 0 Å². The van der Waals surface area contributed by atoms with Gasteiger partial charge in [-0.2, -0.15) is 0 Å². The number of carbonyl (C=O) groups excluding carboxylic acids is 2. The summed E-state index contributed by atoms with van der Waals surface area (Å²) < 4.78 is 6.63. The molecule has 18 heavy (non-hydrogen) atoms. The number of hydrogen-bond acceptors (Lipinski definition) is 3. The predicted octanol–water partition coefficient (Wildman–Crippen LogP) is 2.47. The van der Waals surface area contributed by atoms with Crippen LogP contribution < -0.4 is 0 Å². The molecule has 4 nitrogen and oxygen atoms in total. The van der Waals surface area contributed by atoms with Gasteiger partial charge in [0.1, 0.15) is 0 Å². The molecule has 0 N–H and O–H groups in total. The van der Waals surface area contributed by atoms with Gasteiger partial charge in [0.25, 0.3) is 0 Å². The van der Waals surface area contributed by atoms with Gasteiger partial charge >= 0.3 is 5.97 Å². The zero-order valence-electron chi connectivity index (χ0n) is 10.3. The number of ketones is 1. The number of Topliss-reactive ketones (excluding diaryl/α,β-unsaturated/α-hetero) is 1. The van der Waals surface area contributed by atoms with Gasteiger partial charge in [0.2, 0.25) is 0 Å². The van der Waals surface area contributed by atoms with Crippen LogP contribution in [0.25, 0.3) is 5.52 Å². The highest BCUT2D eigenvalue weighted by Crippen LogP contribution is 2.12. The second kappa shape index (κ2) is 5.49. The van der Waals surface area contributed by atoms with E-state index in [2.05, 4.69) is 0 Å². The first kappa shape index (κ1) is 12.4. The molecule has 0 aromatic carbocycles. The molecular weight excluding hydrogens is 230 g/mol. The molecule has 0 aliphatic carbocycles. The standard InChI is InChI=1S/C14H15NO3/c1-2-18-14(17)9-8-13(16)12-7-6-11-5-3-4-10-15(11)12/h3-7,10H,2,8-9H2,1H3. The molecule has 0 spiro atoms. The van der Waals surface area contributed by atoms with E-state index in [9.17, 15) is 9.59 Å². The van der Waals surface area contributed by atoms with Gasteiger partial charge < -0.3 is 9.14 Å². The Morgan fingerprint density at radius 3 is 2.78 bits per heavy atom. The van der Waals surface area contributed by atoms with Crippen molar-refractivity contribution in [1.82, 2.24) is 4.40 Å². The molecule has 0 fully saturated rings. The van der Waals surface area contributed by atoms with E-state index in [0.29, 0.717) is 12.3 Å². The number of nitrogens with zero attached hydrogens (tertiary/aromatic N) is 1. The summed E-state index contributed by atoms with van der Waals surface area (Å²) in [6, 6.07) is 9.39. The number of ether oxygens (including phenoxy) is 1. The van der Waals surface area contributed by atoms with Gasteiger partial charge in [-0.15, -0.1) is 0 Å². The highest BCUT2D eigenvalue weighted by Gasteiger charge is 2.12. The summed E-state index contributed by atoms with van der Waals surface area (Å²) in [4.78, 5) is 23.2. The monoisotopic (exact) mass is 245 g/mol. The molecule has 0 amide bonds. The van der Waals surface area contributed by atoms with E-state index >= 15 is 0 Å². The molecule has 0 saturated carbocycles. The zero-order valence-corrected chi connectivity index (χ0v) is 10.3. The molecule has 0 aliphatic rings. The molecule has 2 aromatic rings. The summed E-state index contributed by atoms with van der Waals surface area (Å²) >= 11 is 0. The van der Waals surface area contributed by atoms with Gasteiger partial charge in [-0.25, -0.2) is 0 Å². The molecule has 2 rings (SSSR count). The van der Waals surface area contributed by atoms with Crippen molar-refractivity contribution in [3.05, 3.63) is 42.2 Å². The molecule has 0 saturated heterocycles. The maximum Gasteiger partial charge on any atom is 0.306 e. The first-order valence-electron chi connectivity index (χ1n) is 5.97. The third-order valence-corrected chi connectivity index (χ3v) is 2.71. The summed E-state index contributed by atoms with van der Waals surface area (Å²) in [5.41, 5.74) is 1.58. The van der Waals surface area contributed by atoms with Crippen LogP contribution in [-0.2, 0) is 9.53 Å². The molecular formula is C14H15NO3. The van der Waals surface area contributed by atoms with Gasteiger partial charge in [-0.1, -0.05) is 6.07 Å². The van der Waals surface area contributed by atoms with Crippen molar-refractivity contribution < 1.29 is 14.3 Å². The van der Waals surface area contributed by atoms with Crippen molar-refractivity contribution in [3.8, 4) is 0 Å². The van der Waals surface area contributed by atoms with Crippen LogP contribution in [0.3, 0.4) is 0 Å². The maximum atomic E-state index is 12.0. The normalized spacial score (nSPS) is 10.5. The third-order valence-electron chi connectivity index (χ3n) is 2.71. The van der Waals surface area contributed by atoms with Crippen molar-refractivity contribution in [2.24, 2.45) is 0 Å². The van der Waals surface area contributed by atoms with Crippen LogP contribution >= 0.6 is 0 Å². The maximum absolute atomic E-state index is 12.0. The van der Waals surface area contributed by atoms with Crippen molar-refractivity contribution >= 4 is 17.3 Å². The van der Waals surface area contributed by atoms with Crippen LogP contribution in [0, 0.1) is 0 Å². The summed E-state index contributed by atoms with van der Waals surface area (Å²) in [7, 11) is 0. The van der Waals surface area contributed by atoms with Crippen molar-refractivity contribution in [3.63, 3.8) is 0 Å². The number of fused-ring (bicyclic) bond motifs is 1. The van der Waals surface area contributed by atoms with E-state index in [1.54, 1.807) is 13.0 Å². The first-order valence-corrected chi connectivity index (χ1v) is 5.97. The minimum Gasteiger partial charge on any atom is -0.466 e. The van der Waals surface area contributed by atoms with Crippen LogP contribution in [0.2, 0.25) is 0 Å². The average molecular weight is 245 g/mol.